The van der Waals surface area contributed by atoms with Gasteiger partial charge in [-0.25, -0.2) is 18.4 Å². The van der Waals surface area contributed by atoms with Gasteiger partial charge in [0.25, 0.3) is 0 Å². The summed E-state index contributed by atoms with van der Waals surface area (Å²) in [5.41, 5.74) is 0.623. The van der Waals surface area contributed by atoms with Crippen molar-refractivity contribution in [1.29, 1.82) is 5.26 Å². The second-order valence-corrected chi connectivity index (χ2v) is 5.52. The molecule has 0 aliphatic carbocycles. The van der Waals surface area contributed by atoms with Crippen LogP contribution < -0.4 is 10.5 Å². The average molecular weight is 309 g/mol. The van der Waals surface area contributed by atoms with E-state index in [9.17, 15) is 13.2 Å². The summed E-state index contributed by atoms with van der Waals surface area (Å²) in [6.45, 7) is 2.15. The minimum absolute atomic E-state index is 0.0195. The number of primary sulfonamides is 1. The lowest BCUT2D eigenvalue weighted by Gasteiger charge is -2.04. The Labute approximate surface area is 123 Å². The van der Waals surface area contributed by atoms with Crippen LogP contribution in [0, 0.1) is 11.3 Å². The van der Waals surface area contributed by atoms with E-state index >= 15 is 0 Å². The van der Waals surface area contributed by atoms with E-state index in [4.69, 9.17) is 15.1 Å². The zero-order valence-electron chi connectivity index (χ0n) is 11.4. The number of rotatable bonds is 6. The van der Waals surface area contributed by atoms with E-state index in [1.807, 2.05) is 0 Å². The predicted octanol–water partition coefficient (Wildman–Crippen LogP) is 0.394. The minimum atomic E-state index is -3.71. The first kappa shape index (κ1) is 16.7. The molecule has 0 saturated heterocycles. The molecule has 0 saturated carbocycles. The van der Waals surface area contributed by atoms with Gasteiger partial charge in [-0.05, 0) is 24.6 Å². The molecule has 1 aromatic rings. The standard InChI is InChI=1S/C13H15N3O4S/c1-2-20-13(17)11(7-14)9-16-8-10-3-5-12(6-4-10)21(15,18)19/h3-6,9,16H,2,8H2,1H3,(H2,15,18,19)/b11-9-. The summed E-state index contributed by atoms with van der Waals surface area (Å²) in [5.74, 6) is -0.697. The number of carbonyl (C=O) groups excluding carboxylic acids is 1. The van der Waals surface area contributed by atoms with E-state index in [2.05, 4.69) is 5.32 Å². The summed E-state index contributed by atoms with van der Waals surface area (Å²) < 4.78 is 26.9. The monoisotopic (exact) mass is 309 g/mol. The van der Waals surface area contributed by atoms with Gasteiger partial charge in [0.15, 0.2) is 5.57 Å². The summed E-state index contributed by atoms with van der Waals surface area (Å²) >= 11 is 0. The normalized spacial score (nSPS) is 11.6. The van der Waals surface area contributed by atoms with Gasteiger partial charge in [-0.1, -0.05) is 12.1 Å². The Morgan fingerprint density at radius 1 is 1.43 bits per heavy atom. The fourth-order valence-electron chi connectivity index (χ4n) is 1.41. The summed E-state index contributed by atoms with van der Waals surface area (Å²) in [4.78, 5) is 11.4. The van der Waals surface area contributed by atoms with E-state index in [0.29, 0.717) is 6.54 Å². The highest BCUT2D eigenvalue weighted by Crippen LogP contribution is 2.08. The van der Waals surface area contributed by atoms with Crippen LogP contribution >= 0.6 is 0 Å². The molecule has 7 nitrogen and oxygen atoms in total. The quantitative estimate of drug-likeness (QED) is 0.445. The first-order chi connectivity index (χ1) is 9.88. The molecule has 0 spiro atoms. The van der Waals surface area contributed by atoms with E-state index in [-0.39, 0.29) is 17.1 Å². The molecule has 0 unspecified atom stereocenters. The van der Waals surface area contributed by atoms with Crippen molar-refractivity contribution in [3.63, 3.8) is 0 Å². The molecule has 1 rings (SSSR count). The molecular formula is C13H15N3O4S. The highest BCUT2D eigenvalue weighted by atomic mass is 32.2. The number of ether oxygens (including phenoxy) is 1. The minimum Gasteiger partial charge on any atom is -0.462 e. The van der Waals surface area contributed by atoms with Crippen LogP contribution in [0.25, 0.3) is 0 Å². The van der Waals surface area contributed by atoms with Crippen molar-refractivity contribution in [1.82, 2.24) is 5.32 Å². The van der Waals surface area contributed by atoms with Crippen LogP contribution in [-0.4, -0.2) is 21.0 Å². The topological polar surface area (TPSA) is 122 Å². The smallest absolute Gasteiger partial charge is 0.350 e. The molecule has 0 amide bonds. The summed E-state index contributed by atoms with van der Waals surface area (Å²) in [7, 11) is -3.71. The fourth-order valence-corrected chi connectivity index (χ4v) is 1.93. The molecule has 3 N–H and O–H groups in total. The maximum Gasteiger partial charge on any atom is 0.350 e. The van der Waals surface area contributed by atoms with E-state index in [1.165, 1.54) is 18.3 Å². The number of benzene rings is 1. The van der Waals surface area contributed by atoms with Gasteiger partial charge in [0.1, 0.15) is 6.07 Å². The van der Waals surface area contributed by atoms with Gasteiger partial charge < -0.3 is 10.1 Å². The second-order valence-electron chi connectivity index (χ2n) is 3.96. The van der Waals surface area contributed by atoms with E-state index in [1.54, 1.807) is 25.1 Å². The Morgan fingerprint density at radius 2 is 2.05 bits per heavy atom. The zero-order chi connectivity index (χ0) is 15.9. The van der Waals surface area contributed by atoms with Crippen molar-refractivity contribution in [2.45, 2.75) is 18.4 Å². The lowest BCUT2D eigenvalue weighted by Crippen LogP contribution is -2.13. The highest BCUT2D eigenvalue weighted by molar-refractivity contribution is 7.89. The largest absolute Gasteiger partial charge is 0.462 e. The van der Waals surface area contributed by atoms with Crippen molar-refractivity contribution >= 4 is 16.0 Å². The number of nitrogens with zero attached hydrogens (tertiary/aromatic N) is 1. The number of nitriles is 1. The van der Waals surface area contributed by atoms with Crippen molar-refractivity contribution in [3.05, 3.63) is 41.6 Å². The van der Waals surface area contributed by atoms with Crippen LogP contribution in [-0.2, 0) is 26.1 Å². The van der Waals surface area contributed by atoms with Gasteiger partial charge >= 0.3 is 5.97 Å². The Balaban J connectivity index is 2.67. The number of esters is 1. The van der Waals surface area contributed by atoms with Gasteiger partial charge in [0, 0.05) is 12.7 Å². The molecule has 8 heteroatoms. The second kappa shape index (κ2) is 7.42. The maximum absolute atomic E-state index is 11.3. The third-order valence-corrected chi connectivity index (χ3v) is 3.35. The molecule has 0 atom stereocenters. The zero-order valence-corrected chi connectivity index (χ0v) is 12.2. The summed E-state index contributed by atoms with van der Waals surface area (Å²) in [5, 5.41) is 16.6. The van der Waals surface area contributed by atoms with E-state index < -0.39 is 16.0 Å². The number of sulfonamides is 1. The number of hydrogen-bond acceptors (Lipinski definition) is 6. The van der Waals surface area contributed by atoms with Gasteiger partial charge in [-0.3, -0.25) is 0 Å². The lowest BCUT2D eigenvalue weighted by atomic mass is 10.2. The Hall–Kier alpha value is -2.37. The molecule has 0 aliphatic rings. The molecule has 0 bridgehead atoms. The van der Waals surface area contributed by atoms with Crippen molar-refractivity contribution in [2.24, 2.45) is 5.14 Å². The van der Waals surface area contributed by atoms with Crippen LogP contribution in [0.2, 0.25) is 0 Å². The van der Waals surface area contributed by atoms with Crippen molar-refractivity contribution < 1.29 is 17.9 Å². The van der Waals surface area contributed by atoms with Crippen LogP contribution in [0.5, 0.6) is 0 Å². The molecule has 0 radical (unpaired) electrons. The third kappa shape index (κ3) is 5.25. The SMILES string of the molecule is CCOC(=O)/C(C#N)=C\NCc1ccc(S(N)(=O)=O)cc1. The van der Waals surface area contributed by atoms with Crippen LogP contribution in [0.15, 0.2) is 40.9 Å². The Morgan fingerprint density at radius 3 is 2.52 bits per heavy atom. The third-order valence-electron chi connectivity index (χ3n) is 2.42. The first-order valence-corrected chi connectivity index (χ1v) is 7.55. The van der Waals surface area contributed by atoms with Gasteiger partial charge in [-0.2, -0.15) is 5.26 Å². The maximum atomic E-state index is 11.3. The van der Waals surface area contributed by atoms with Crippen molar-refractivity contribution in [3.8, 4) is 6.07 Å². The van der Waals surface area contributed by atoms with Gasteiger partial charge in [-0.15, -0.1) is 0 Å². The molecule has 0 aliphatic heterocycles. The molecule has 0 aromatic heterocycles. The predicted molar refractivity (Wildman–Crippen MR) is 75.0 cm³/mol. The van der Waals surface area contributed by atoms with Gasteiger partial charge in [0.2, 0.25) is 10.0 Å². The molecule has 21 heavy (non-hydrogen) atoms. The molecule has 1 aromatic carbocycles. The van der Waals surface area contributed by atoms with Crippen LogP contribution in [0.3, 0.4) is 0 Å². The van der Waals surface area contributed by atoms with Gasteiger partial charge in [0.05, 0.1) is 11.5 Å². The summed E-state index contributed by atoms with van der Waals surface area (Å²) in [6, 6.07) is 7.65. The molecule has 0 fully saturated rings. The van der Waals surface area contributed by atoms with Crippen LogP contribution in [0.1, 0.15) is 12.5 Å². The number of carbonyl (C=O) groups is 1. The van der Waals surface area contributed by atoms with Crippen molar-refractivity contribution in [2.75, 3.05) is 6.61 Å². The Bertz CT molecular complexity index is 672. The molecule has 0 heterocycles. The number of nitrogens with one attached hydrogen (secondary N) is 1. The fraction of sp³-hybridized carbons (Fsp3) is 0.231. The highest BCUT2D eigenvalue weighted by Gasteiger charge is 2.09. The molecule has 112 valence electrons. The van der Waals surface area contributed by atoms with E-state index in [0.717, 1.165) is 5.56 Å². The summed E-state index contributed by atoms with van der Waals surface area (Å²) in [6.07, 6.45) is 1.26. The average Bonchev–Trinajstić information content (AvgIpc) is 2.43. The number of nitrogens with two attached hydrogens (primary N) is 1. The molecular weight excluding hydrogens is 294 g/mol. The van der Waals surface area contributed by atoms with Crippen LogP contribution in [0.4, 0.5) is 0 Å². The Kier molecular flexibility index (Phi) is 5.90. The first-order valence-electron chi connectivity index (χ1n) is 6.01. The lowest BCUT2D eigenvalue weighted by molar-refractivity contribution is -0.138. The number of hydrogen-bond donors (Lipinski definition) is 2.